The molecule has 0 fully saturated rings. The van der Waals surface area contributed by atoms with Crippen LogP contribution in [0.1, 0.15) is 95.5 Å². The number of aryl methyl sites for hydroxylation is 2. The minimum Gasteiger partial charge on any atom is -0.507 e. The SMILES string of the molecule is CCCCCCN1CCc2c(C)cc(C)c(C(OC(=O)c3cccnc3)C(C)(C)CNC(=O)c3ccccc3O)c21. The third-order valence-electron chi connectivity index (χ3n) is 8.05. The maximum absolute atomic E-state index is 13.5. The van der Waals surface area contributed by atoms with Crippen molar-refractivity contribution >= 4 is 17.6 Å². The molecule has 0 radical (unpaired) electrons. The largest absolute Gasteiger partial charge is 0.507 e. The molecule has 1 aliphatic heterocycles. The first kappa shape index (κ1) is 30.1. The Kier molecular flexibility index (Phi) is 9.69. The Bertz CT molecular complexity index is 1370. The number of benzene rings is 2. The van der Waals surface area contributed by atoms with E-state index in [9.17, 15) is 14.7 Å². The van der Waals surface area contributed by atoms with Gasteiger partial charge in [-0.2, -0.15) is 0 Å². The molecular formula is C34H43N3O4. The van der Waals surface area contributed by atoms with Crippen LogP contribution < -0.4 is 10.2 Å². The third kappa shape index (κ3) is 6.89. The second kappa shape index (κ2) is 13.2. The fourth-order valence-electron chi connectivity index (χ4n) is 5.77. The Morgan fingerprint density at radius 3 is 2.59 bits per heavy atom. The smallest absolute Gasteiger partial charge is 0.340 e. The summed E-state index contributed by atoms with van der Waals surface area (Å²) >= 11 is 0. The van der Waals surface area contributed by atoms with Crippen molar-refractivity contribution in [2.75, 3.05) is 24.5 Å². The van der Waals surface area contributed by atoms with E-state index in [0.717, 1.165) is 37.1 Å². The van der Waals surface area contributed by atoms with Gasteiger partial charge in [0.15, 0.2) is 0 Å². The zero-order valence-electron chi connectivity index (χ0n) is 25.0. The number of unbranched alkanes of at least 4 members (excludes halogenated alkanes) is 3. The zero-order chi connectivity index (χ0) is 29.6. The predicted molar refractivity (Wildman–Crippen MR) is 163 cm³/mol. The van der Waals surface area contributed by atoms with Crippen LogP contribution in [0.15, 0.2) is 54.9 Å². The number of nitrogens with zero attached hydrogens (tertiary/aromatic N) is 2. The summed E-state index contributed by atoms with van der Waals surface area (Å²) in [7, 11) is 0. The normalized spacial score (nSPS) is 13.5. The number of hydrogen-bond donors (Lipinski definition) is 2. The molecule has 2 heterocycles. The number of rotatable bonds is 12. The number of hydrogen-bond acceptors (Lipinski definition) is 6. The summed E-state index contributed by atoms with van der Waals surface area (Å²) in [6.45, 7) is 12.6. The van der Waals surface area contributed by atoms with Crippen LogP contribution in [-0.4, -0.2) is 41.6 Å². The highest BCUT2D eigenvalue weighted by Gasteiger charge is 2.40. The van der Waals surface area contributed by atoms with Crippen LogP contribution >= 0.6 is 0 Å². The summed E-state index contributed by atoms with van der Waals surface area (Å²) in [5, 5.41) is 13.2. The number of nitrogens with one attached hydrogen (secondary N) is 1. The van der Waals surface area contributed by atoms with E-state index in [-0.39, 0.29) is 23.8 Å². The molecule has 3 aromatic rings. The molecule has 7 nitrogen and oxygen atoms in total. The first-order valence-electron chi connectivity index (χ1n) is 14.7. The highest BCUT2D eigenvalue weighted by Crippen LogP contribution is 2.47. The number of pyridine rings is 1. The highest BCUT2D eigenvalue weighted by molar-refractivity contribution is 5.96. The van der Waals surface area contributed by atoms with Gasteiger partial charge in [0.1, 0.15) is 11.9 Å². The third-order valence-corrected chi connectivity index (χ3v) is 8.05. The van der Waals surface area contributed by atoms with Crippen LogP contribution in [0.5, 0.6) is 5.75 Å². The van der Waals surface area contributed by atoms with Crippen LogP contribution in [0.25, 0.3) is 0 Å². The molecule has 2 aromatic carbocycles. The Morgan fingerprint density at radius 2 is 1.88 bits per heavy atom. The van der Waals surface area contributed by atoms with Gasteiger partial charge in [0.2, 0.25) is 0 Å². The number of para-hydroxylation sites is 1. The van der Waals surface area contributed by atoms with Crippen molar-refractivity contribution in [3.8, 4) is 5.75 Å². The van der Waals surface area contributed by atoms with Crippen molar-refractivity contribution in [1.29, 1.82) is 0 Å². The summed E-state index contributed by atoms with van der Waals surface area (Å²) in [6.07, 6.45) is 8.15. The van der Waals surface area contributed by atoms with Gasteiger partial charge in [-0.25, -0.2) is 4.79 Å². The summed E-state index contributed by atoms with van der Waals surface area (Å²) < 4.78 is 6.38. The van der Waals surface area contributed by atoms with Crippen molar-refractivity contribution in [2.24, 2.45) is 5.41 Å². The number of anilines is 1. The van der Waals surface area contributed by atoms with Crippen LogP contribution in [0, 0.1) is 19.3 Å². The molecule has 0 saturated heterocycles. The Labute approximate surface area is 244 Å². The van der Waals surface area contributed by atoms with Crippen molar-refractivity contribution in [3.63, 3.8) is 0 Å². The highest BCUT2D eigenvalue weighted by atomic mass is 16.5. The van der Waals surface area contributed by atoms with Crippen molar-refractivity contribution in [1.82, 2.24) is 10.3 Å². The molecule has 1 aromatic heterocycles. The van der Waals surface area contributed by atoms with Crippen LogP contribution in [-0.2, 0) is 11.2 Å². The van der Waals surface area contributed by atoms with Gasteiger partial charge >= 0.3 is 5.97 Å². The van der Waals surface area contributed by atoms with Gasteiger partial charge in [-0.15, -0.1) is 0 Å². The summed E-state index contributed by atoms with van der Waals surface area (Å²) in [6, 6.07) is 12.1. The number of fused-ring (bicyclic) bond motifs is 1. The van der Waals surface area contributed by atoms with Gasteiger partial charge in [-0.3, -0.25) is 9.78 Å². The Morgan fingerprint density at radius 1 is 1.10 bits per heavy atom. The lowest BCUT2D eigenvalue weighted by molar-refractivity contribution is -0.00868. The second-order valence-corrected chi connectivity index (χ2v) is 11.8. The second-order valence-electron chi connectivity index (χ2n) is 11.8. The molecule has 0 spiro atoms. The molecule has 1 atom stereocenters. The number of phenols is 1. The van der Waals surface area contributed by atoms with Gasteiger partial charge in [-0.05, 0) is 67.6 Å². The van der Waals surface area contributed by atoms with Gasteiger partial charge in [0.25, 0.3) is 5.91 Å². The van der Waals surface area contributed by atoms with Gasteiger partial charge < -0.3 is 20.1 Å². The van der Waals surface area contributed by atoms with Crippen molar-refractivity contribution in [2.45, 2.75) is 72.8 Å². The lowest BCUT2D eigenvalue weighted by atomic mass is 9.78. The van der Waals surface area contributed by atoms with Crippen LogP contribution in [0.2, 0.25) is 0 Å². The van der Waals surface area contributed by atoms with E-state index < -0.39 is 17.5 Å². The van der Waals surface area contributed by atoms with Gasteiger partial charge in [-0.1, -0.05) is 58.2 Å². The van der Waals surface area contributed by atoms with Gasteiger partial charge in [0.05, 0.1) is 11.1 Å². The molecule has 4 rings (SSSR count). The average Bonchev–Trinajstić information content (AvgIpc) is 3.38. The van der Waals surface area contributed by atoms with E-state index in [1.54, 1.807) is 36.5 Å². The number of amides is 1. The van der Waals surface area contributed by atoms with E-state index in [1.807, 2.05) is 13.8 Å². The minimum atomic E-state index is -0.692. The first-order chi connectivity index (χ1) is 19.6. The fourth-order valence-corrected chi connectivity index (χ4v) is 5.77. The van der Waals surface area contributed by atoms with Crippen LogP contribution in [0.3, 0.4) is 0 Å². The molecule has 7 heteroatoms. The van der Waals surface area contributed by atoms with Crippen LogP contribution in [0.4, 0.5) is 5.69 Å². The predicted octanol–water partition coefficient (Wildman–Crippen LogP) is 6.70. The lowest BCUT2D eigenvalue weighted by Gasteiger charge is -2.37. The molecule has 1 amide bonds. The van der Waals surface area contributed by atoms with E-state index in [0.29, 0.717) is 5.56 Å². The number of carbonyl (C=O) groups excluding carboxylic acids is 2. The molecule has 41 heavy (non-hydrogen) atoms. The van der Waals surface area contributed by atoms with E-state index in [4.69, 9.17) is 4.74 Å². The Balaban J connectivity index is 1.72. The number of phenolic OH excluding ortho intramolecular Hbond substituents is 1. The molecule has 218 valence electrons. The summed E-state index contributed by atoms with van der Waals surface area (Å²) in [4.78, 5) is 33.1. The molecule has 0 saturated carbocycles. The standard InChI is InChI=1S/C34H43N3O4/c1-6-7-8-11-18-37-19-16-26-23(2)20-24(3)29(30(26)37)31(41-33(40)25-13-12-17-35-21-25)34(4,5)22-36-32(39)27-14-9-10-15-28(27)38/h9-10,12-15,17,20-21,31,38H,6-8,11,16,18-19,22H2,1-5H3,(H,36,39). The quantitative estimate of drug-likeness (QED) is 0.190. The van der Waals surface area contributed by atoms with E-state index in [1.165, 1.54) is 48.3 Å². The number of aromatic nitrogens is 1. The summed E-state index contributed by atoms with van der Waals surface area (Å²) in [5.41, 5.74) is 5.67. The first-order valence-corrected chi connectivity index (χ1v) is 14.7. The fraction of sp³-hybridized carbons (Fsp3) is 0.441. The lowest BCUT2D eigenvalue weighted by Crippen LogP contribution is -2.40. The van der Waals surface area contributed by atoms with Crippen molar-refractivity contribution < 1.29 is 19.4 Å². The maximum atomic E-state index is 13.5. The molecule has 0 aliphatic carbocycles. The van der Waals surface area contributed by atoms with Gasteiger partial charge in [0, 0.05) is 48.7 Å². The maximum Gasteiger partial charge on any atom is 0.340 e. The molecule has 1 unspecified atom stereocenters. The molecule has 1 aliphatic rings. The summed E-state index contributed by atoms with van der Waals surface area (Å²) in [5.74, 6) is -0.908. The topological polar surface area (TPSA) is 91.8 Å². The zero-order valence-corrected chi connectivity index (χ0v) is 25.0. The van der Waals surface area contributed by atoms with Crippen molar-refractivity contribution in [3.05, 3.63) is 88.2 Å². The molecule has 0 bridgehead atoms. The number of carbonyl (C=O) groups is 2. The molecular weight excluding hydrogens is 514 g/mol. The average molecular weight is 558 g/mol. The monoisotopic (exact) mass is 557 g/mol. The number of aromatic hydroxyl groups is 1. The van der Waals surface area contributed by atoms with E-state index >= 15 is 0 Å². The minimum absolute atomic E-state index is 0.0757. The number of esters is 1. The molecule has 2 N–H and O–H groups in total. The number of ether oxygens (including phenoxy) is 1. The van der Waals surface area contributed by atoms with E-state index in [2.05, 4.69) is 42.0 Å². The Hall–Kier alpha value is -3.87.